The molecule has 1 aliphatic rings. The molecule has 0 spiro atoms. The lowest BCUT2D eigenvalue weighted by Gasteiger charge is -2.22. The van der Waals surface area contributed by atoms with Crippen molar-refractivity contribution in [3.05, 3.63) is 30.3 Å². The van der Waals surface area contributed by atoms with Crippen LogP contribution in [0.5, 0.6) is 0 Å². The van der Waals surface area contributed by atoms with Crippen molar-refractivity contribution in [1.29, 1.82) is 0 Å². The van der Waals surface area contributed by atoms with E-state index in [1.165, 1.54) is 0 Å². The van der Waals surface area contributed by atoms with Crippen molar-refractivity contribution in [2.24, 2.45) is 5.41 Å². The fraction of sp³-hybridized carbons (Fsp3) is 0.545. The Kier molecular flexibility index (Phi) is 4.92. The third-order valence-electron chi connectivity index (χ3n) is 5.36. The SMILES string of the molecule is CC(C)n1ncc2ccc(-c3noc(C4CCN(C(=O)CC(C)(C)C)C4)n3)cc21. The van der Waals surface area contributed by atoms with Crippen LogP contribution in [0.15, 0.2) is 28.9 Å². The first-order valence-corrected chi connectivity index (χ1v) is 10.3. The predicted molar refractivity (Wildman–Crippen MR) is 111 cm³/mol. The van der Waals surface area contributed by atoms with Gasteiger partial charge in [-0.15, -0.1) is 0 Å². The first-order valence-electron chi connectivity index (χ1n) is 10.3. The van der Waals surface area contributed by atoms with Gasteiger partial charge in [0.15, 0.2) is 0 Å². The van der Waals surface area contributed by atoms with E-state index in [9.17, 15) is 4.79 Å². The van der Waals surface area contributed by atoms with Crippen LogP contribution in [0.2, 0.25) is 0 Å². The average Bonchev–Trinajstić information content (AvgIpc) is 3.37. The van der Waals surface area contributed by atoms with Gasteiger partial charge >= 0.3 is 0 Å². The zero-order valence-electron chi connectivity index (χ0n) is 17.8. The molecular weight excluding hydrogens is 366 g/mol. The molecule has 0 saturated carbocycles. The van der Waals surface area contributed by atoms with E-state index >= 15 is 0 Å². The van der Waals surface area contributed by atoms with Crippen molar-refractivity contribution < 1.29 is 9.32 Å². The highest BCUT2D eigenvalue weighted by Gasteiger charge is 2.32. The Morgan fingerprint density at radius 3 is 2.83 bits per heavy atom. The van der Waals surface area contributed by atoms with E-state index in [1.807, 2.05) is 27.9 Å². The maximum atomic E-state index is 12.5. The lowest BCUT2D eigenvalue weighted by Crippen LogP contribution is -2.31. The molecule has 7 heteroatoms. The summed E-state index contributed by atoms with van der Waals surface area (Å²) in [5, 5.41) is 9.76. The van der Waals surface area contributed by atoms with Gasteiger partial charge in [-0.05, 0) is 31.7 Å². The van der Waals surface area contributed by atoms with Crippen molar-refractivity contribution in [1.82, 2.24) is 24.8 Å². The fourth-order valence-corrected chi connectivity index (χ4v) is 3.86. The summed E-state index contributed by atoms with van der Waals surface area (Å²) in [5.41, 5.74) is 1.96. The molecule has 2 aromatic heterocycles. The molecule has 1 aromatic carbocycles. The zero-order chi connectivity index (χ0) is 20.8. The van der Waals surface area contributed by atoms with E-state index in [2.05, 4.69) is 55.9 Å². The van der Waals surface area contributed by atoms with Crippen LogP contribution >= 0.6 is 0 Å². The van der Waals surface area contributed by atoms with E-state index in [1.54, 1.807) is 0 Å². The highest BCUT2D eigenvalue weighted by molar-refractivity contribution is 5.83. The number of nitrogens with zero attached hydrogens (tertiary/aromatic N) is 5. The van der Waals surface area contributed by atoms with E-state index < -0.39 is 0 Å². The Hall–Kier alpha value is -2.70. The summed E-state index contributed by atoms with van der Waals surface area (Å²) >= 11 is 0. The predicted octanol–water partition coefficient (Wildman–Crippen LogP) is 4.42. The van der Waals surface area contributed by atoms with Gasteiger partial charge in [0.2, 0.25) is 17.6 Å². The maximum absolute atomic E-state index is 12.5. The van der Waals surface area contributed by atoms with Crippen LogP contribution in [0.3, 0.4) is 0 Å². The number of benzene rings is 1. The van der Waals surface area contributed by atoms with Crippen LogP contribution in [0, 0.1) is 5.41 Å². The summed E-state index contributed by atoms with van der Waals surface area (Å²) in [7, 11) is 0. The molecule has 0 bridgehead atoms. The molecule has 0 N–H and O–H groups in total. The van der Waals surface area contributed by atoms with Gasteiger partial charge in [0, 0.05) is 36.5 Å². The van der Waals surface area contributed by atoms with E-state index in [4.69, 9.17) is 4.52 Å². The highest BCUT2D eigenvalue weighted by Crippen LogP contribution is 2.31. The molecule has 4 rings (SSSR count). The minimum atomic E-state index is -0.00597. The molecule has 0 radical (unpaired) electrons. The summed E-state index contributed by atoms with van der Waals surface area (Å²) in [6.07, 6.45) is 3.29. The molecule has 0 aliphatic carbocycles. The Morgan fingerprint density at radius 1 is 1.31 bits per heavy atom. The van der Waals surface area contributed by atoms with Gasteiger partial charge in [-0.1, -0.05) is 38.1 Å². The van der Waals surface area contributed by atoms with Crippen molar-refractivity contribution in [3.8, 4) is 11.4 Å². The quantitative estimate of drug-likeness (QED) is 0.653. The van der Waals surface area contributed by atoms with Crippen LogP contribution in [0.25, 0.3) is 22.3 Å². The first-order chi connectivity index (χ1) is 13.7. The van der Waals surface area contributed by atoms with E-state index in [0.29, 0.717) is 24.7 Å². The molecule has 1 unspecified atom stereocenters. The van der Waals surface area contributed by atoms with Crippen molar-refractivity contribution in [2.45, 2.75) is 59.4 Å². The van der Waals surface area contributed by atoms with Crippen molar-refractivity contribution in [3.63, 3.8) is 0 Å². The monoisotopic (exact) mass is 395 g/mol. The Bertz CT molecular complexity index is 1030. The molecule has 1 aliphatic heterocycles. The van der Waals surface area contributed by atoms with Crippen molar-refractivity contribution >= 4 is 16.8 Å². The number of rotatable bonds is 4. The van der Waals surface area contributed by atoms with Crippen molar-refractivity contribution in [2.75, 3.05) is 13.1 Å². The molecule has 29 heavy (non-hydrogen) atoms. The first kappa shape index (κ1) is 19.6. The zero-order valence-corrected chi connectivity index (χ0v) is 17.8. The van der Waals surface area contributed by atoms with E-state index in [0.717, 1.165) is 29.4 Å². The number of hydrogen-bond donors (Lipinski definition) is 0. The summed E-state index contributed by atoms with van der Waals surface area (Å²) in [6, 6.07) is 6.37. The standard InChI is InChI=1S/C22H29N5O2/c1-14(2)27-18-10-15(6-7-16(18)12-23-27)20-24-21(29-25-20)17-8-9-26(13-17)19(28)11-22(3,4)5/h6-7,10,12,14,17H,8-9,11,13H2,1-5H3. The lowest BCUT2D eigenvalue weighted by molar-refractivity contribution is -0.132. The fourth-order valence-electron chi connectivity index (χ4n) is 3.86. The largest absolute Gasteiger partial charge is 0.342 e. The van der Waals surface area contributed by atoms with Crippen LogP contribution in [0.1, 0.15) is 65.3 Å². The lowest BCUT2D eigenvalue weighted by atomic mass is 9.92. The number of fused-ring (bicyclic) bond motifs is 1. The molecule has 3 heterocycles. The van der Waals surface area contributed by atoms with Crippen LogP contribution in [0.4, 0.5) is 0 Å². The number of likely N-dealkylation sites (tertiary alicyclic amines) is 1. The molecule has 3 aromatic rings. The van der Waals surface area contributed by atoms with Crippen LogP contribution in [-0.4, -0.2) is 43.8 Å². The second kappa shape index (κ2) is 7.28. The molecular formula is C22H29N5O2. The number of aromatic nitrogens is 4. The third-order valence-corrected chi connectivity index (χ3v) is 5.36. The normalized spacial score (nSPS) is 17.6. The summed E-state index contributed by atoms with van der Waals surface area (Å²) in [5.74, 6) is 1.50. The summed E-state index contributed by atoms with van der Waals surface area (Å²) in [4.78, 5) is 19.1. The summed E-state index contributed by atoms with van der Waals surface area (Å²) in [6.45, 7) is 11.9. The molecule has 1 saturated heterocycles. The molecule has 154 valence electrons. The minimum absolute atomic E-state index is 0.00597. The van der Waals surface area contributed by atoms with Gasteiger partial charge in [0.25, 0.3) is 0 Å². The average molecular weight is 396 g/mol. The number of carbonyl (C=O) groups excluding carboxylic acids is 1. The topological polar surface area (TPSA) is 77.0 Å². The molecule has 1 atom stereocenters. The second-order valence-corrected chi connectivity index (χ2v) is 9.48. The third kappa shape index (κ3) is 4.04. The van der Waals surface area contributed by atoms with Crippen LogP contribution < -0.4 is 0 Å². The van der Waals surface area contributed by atoms with Gasteiger partial charge in [-0.25, -0.2) is 0 Å². The Labute approximate surface area is 171 Å². The van der Waals surface area contributed by atoms with Gasteiger partial charge in [0.1, 0.15) is 0 Å². The number of carbonyl (C=O) groups is 1. The van der Waals surface area contributed by atoms with Gasteiger partial charge in [0.05, 0.1) is 17.6 Å². The van der Waals surface area contributed by atoms with Crippen LogP contribution in [-0.2, 0) is 4.79 Å². The minimum Gasteiger partial charge on any atom is -0.342 e. The van der Waals surface area contributed by atoms with E-state index in [-0.39, 0.29) is 23.3 Å². The van der Waals surface area contributed by atoms with Gasteiger partial charge in [-0.2, -0.15) is 10.1 Å². The molecule has 1 amide bonds. The second-order valence-electron chi connectivity index (χ2n) is 9.48. The van der Waals surface area contributed by atoms with Gasteiger partial charge < -0.3 is 9.42 Å². The smallest absolute Gasteiger partial charge is 0.231 e. The summed E-state index contributed by atoms with van der Waals surface area (Å²) < 4.78 is 7.58. The number of hydrogen-bond acceptors (Lipinski definition) is 5. The highest BCUT2D eigenvalue weighted by atomic mass is 16.5. The molecule has 7 nitrogen and oxygen atoms in total. The Morgan fingerprint density at radius 2 is 2.10 bits per heavy atom. The maximum Gasteiger partial charge on any atom is 0.231 e. The molecule has 1 fully saturated rings. The Balaban J connectivity index is 1.51. The number of amides is 1. The van der Waals surface area contributed by atoms with Gasteiger partial charge in [-0.3, -0.25) is 9.48 Å².